The number of carbonyl (C=O) groups excluding carboxylic acids is 1. The van der Waals surface area contributed by atoms with Gasteiger partial charge in [0.1, 0.15) is 23.4 Å². The minimum Gasteiger partial charge on any atom is -0.441 e. The monoisotopic (exact) mass is 643 g/mol. The van der Waals surface area contributed by atoms with Crippen LogP contribution in [0.4, 0.5) is 5.82 Å². The maximum Gasteiger partial charge on any atom is 0.225 e. The van der Waals surface area contributed by atoms with Crippen LogP contribution in [0.3, 0.4) is 0 Å². The summed E-state index contributed by atoms with van der Waals surface area (Å²) in [5.41, 5.74) is 13.5. The van der Waals surface area contributed by atoms with E-state index in [0.29, 0.717) is 107 Å². The van der Waals surface area contributed by atoms with Crippen LogP contribution < -0.4 is 5.73 Å². The zero-order valence-electron chi connectivity index (χ0n) is 26.9. The Morgan fingerprint density at radius 3 is 2.49 bits per heavy atom. The van der Waals surface area contributed by atoms with Crippen LogP contribution in [0.1, 0.15) is 35.9 Å². The molecule has 4 heterocycles. The van der Waals surface area contributed by atoms with E-state index in [1.807, 2.05) is 41.6 Å². The minimum atomic E-state index is 0.0927. The van der Waals surface area contributed by atoms with Crippen LogP contribution >= 0.6 is 0 Å². The molecule has 248 valence electrons. The Labute approximate surface area is 273 Å². The summed E-state index contributed by atoms with van der Waals surface area (Å²) in [5.74, 6) is 1.07. The van der Waals surface area contributed by atoms with Gasteiger partial charge in [0.2, 0.25) is 5.91 Å². The predicted molar refractivity (Wildman–Crippen MR) is 176 cm³/mol. The number of nitrogens with zero attached hydrogens (tertiary/aromatic N) is 6. The summed E-state index contributed by atoms with van der Waals surface area (Å²) in [6.07, 6.45) is 2.59. The molecule has 0 fully saturated rings. The molecule has 6 rings (SSSR count). The van der Waals surface area contributed by atoms with Gasteiger partial charge >= 0.3 is 0 Å². The van der Waals surface area contributed by atoms with Crippen molar-refractivity contribution >= 4 is 33.9 Å². The number of oxazole rings is 1. The summed E-state index contributed by atoms with van der Waals surface area (Å²) >= 11 is 0. The first-order valence-corrected chi connectivity index (χ1v) is 16.0. The second kappa shape index (κ2) is 15.4. The van der Waals surface area contributed by atoms with E-state index in [2.05, 4.69) is 33.2 Å². The van der Waals surface area contributed by atoms with Gasteiger partial charge in [-0.15, -0.1) is 0 Å². The van der Waals surface area contributed by atoms with Gasteiger partial charge in [0.25, 0.3) is 0 Å². The molecule has 13 heteroatoms. The van der Waals surface area contributed by atoms with Crippen molar-refractivity contribution in [2.24, 2.45) is 0 Å². The number of fused-ring (bicyclic) bond motifs is 3. The third-order valence-electron chi connectivity index (χ3n) is 8.07. The molecule has 1 amide bonds. The van der Waals surface area contributed by atoms with Crippen LogP contribution in [-0.2, 0) is 43.3 Å². The van der Waals surface area contributed by atoms with E-state index in [1.54, 1.807) is 0 Å². The summed E-state index contributed by atoms with van der Waals surface area (Å²) in [6, 6.07) is 12.2. The molecule has 1 aliphatic heterocycles. The zero-order chi connectivity index (χ0) is 32.6. The number of nitrogens with two attached hydrogens (primary N) is 1. The molecule has 13 nitrogen and oxygen atoms in total. The first-order valence-electron chi connectivity index (χ1n) is 16.0. The molecule has 2 aromatic carbocycles. The van der Waals surface area contributed by atoms with Crippen LogP contribution in [0.15, 0.2) is 47.1 Å². The van der Waals surface area contributed by atoms with Gasteiger partial charge in [-0.3, -0.25) is 4.79 Å². The van der Waals surface area contributed by atoms with Gasteiger partial charge in [0, 0.05) is 32.2 Å². The lowest BCUT2D eigenvalue weighted by atomic mass is 9.97. The quantitative estimate of drug-likeness (QED) is 0.156. The standard InChI is InChI=1S/C34H41N7O6/c1-3-43-12-13-45-16-17-46-15-14-44-11-9-30(42)40-10-8-25-18-24(4-5-27(25)21-40)20-41-34-31(33(35)36-22-37-34)32(39-41)26-6-7-29-28(19-26)38-23(2)47-29/h4-7,18-19,22H,3,8-17,20-21H2,1-2H3,(H2,35,36,37). The number of nitrogen functional groups attached to an aromatic ring is 1. The van der Waals surface area contributed by atoms with Gasteiger partial charge < -0.3 is 34.0 Å². The molecular weight excluding hydrogens is 602 g/mol. The van der Waals surface area contributed by atoms with Crippen LogP contribution in [0.5, 0.6) is 0 Å². The first kappa shape index (κ1) is 32.5. The highest BCUT2D eigenvalue weighted by Crippen LogP contribution is 2.32. The number of aryl methyl sites for hydroxylation is 1. The molecule has 5 aromatic rings. The number of hydrogen-bond donors (Lipinski definition) is 1. The molecule has 3 aromatic heterocycles. The van der Waals surface area contributed by atoms with Crippen LogP contribution in [0.25, 0.3) is 33.4 Å². The molecule has 0 bridgehead atoms. The van der Waals surface area contributed by atoms with E-state index in [4.69, 9.17) is 34.2 Å². The Kier molecular flexibility index (Phi) is 10.7. The second-order valence-electron chi connectivity index (χ2n) is 11.3. The van der Waals surface area contributed by atoms with E-state index in [9.17, 15) is 4.79 Å². The van der Waals surface area contributed by atoms with E-state index >= 15 is 0 Å². The number of benzene rings is 2. The number of amides is 1. The first-order chi connectivity index (χ1) is 23.0. The maximum absolute atomic E-state index is 12.9. The van der Waals surface area contributed by atoms with Gasteiger partial charge in [-0.2, -0.15) is 5.10 Å². The molecule has 0 atom stereocenters. The van der Waals surface area contributed by atoms with Crippen molar-refractivity contribution in [2.75, 3.05) is 65.1 Å². The van der Waals surface area contributed by atoms with Gasteiger partial charge in [-0.1, -0.05) is 18.2 Å². The lowest BCUT2D eigenvalue weighted by Crippen LogP contribution is -2.36. The molecule has 47 heavy (non-hydrogen) atoms. The van der Waals surface area contributed by atoms with E-state index in [-0.39, 0.29) is 5.91 Å². The average molecular weight is 644 g/mol. The maximum atomic E-state index is 12.9. The van der Waals surface area contributed by atoms with Crippen LogP contribution in [0, 0.1) is 6.92 Å². The Hall–Kier alpha value is -4.43. The minimum absolute atomic E-state index is 0.0927. The summed E-state index contributed by atoms with van der Waals surface area (Å²) in [7, 11) is 0. The van der Waals surface area contributed by atoms with Gasteiger partial charge in [0.15, 0.2) is 17.1 Å². The highest BCUT2D eigenvalue weighted by molar-refractivity contribution is 5.99. The van der Waals surface area contributed by atoms with Crippen molar-refractivity contribution in [2.45, 2.75) is 39.8 Å². The van der Waals surface area contributed by atoms with Crippen molar-refractivity contribution in [1.82, 2.24) is 29.6 Å². The fraction of sp³-hybridized carbons (Fsp3) is 0.441. The second-order valence-corrected chi connectivity index (χ2v) is 11.3. The van der Waals surface area contributed by atoms with Crippen molar-refractivity contribution < 1.29 is 28.2 Å². The van der Waals surface area contributed by atoms with Gasteiger partial charge in [0.05, 0.1) is 64.6 Å². The molecule has 1 aliphatic rings. The van der Waals surface area contributed by atoms with Crippen LogP contribution in [0.2, 0.25) is 0 Å². The number of aromatic nitrogens is 5. The van der Waals surface area contributed by atoms with E-state index in [1.165, 1.54) is 11.9 Å². The normalized spacial score (nSPS) is 13.1. The fourth-order valence-electron chi connectivity index (χ4n) is 5.74. The average Bonchev–Trinajstić information content (AvgIpc) is 3.64. The van der Waals surface area contributed by atoms with Gasteiger partial charge in [-0.25, -0.2) is 19.6 Å². The molecule has 0 spiro atoms. The summed E-state index contributed by atoms with van der Waals surface area (Å²) in [4.78, 5) is 28.0. The lowest BCUT2D eigenvalue weighted by Gasteiger charge is -2.29. The predicted octanol–water partition coefficient (Wildman–Crippen LogP) is 3.93. The largest absolute Gasteiger partial charge is 0.441 e. The highest BCUT2D eigenvalue weighted by atomic mass is 16.6. The third-order valence-corrected chi connectivity index (χ3v) is 8.07. The van der Waals surface area contributed by atoms with Crippen molar-refractivity contribution in [1.29, 1.82) is 0 Å². The number of carbonyl (C=O) groups is 1. The Balaban J connectivity index is 1.02. The summed E-state index contributed by atoms with van der Waals surface area (Å²) in [6.45, 7) is 9.72. The molecular formula is C34H41N7O6. The Morgan fingerprint density at radius 1 is 0.936 bits per heavy atom. The van der Waals surface area contributed by atoms with Crippen molar-refractivity contribution in [3.8, 4) is 11.3 Å². The molecule has 0 saturated heterocycles. The zero-order valence-corrected chi connectivity index (χ0v) is 26.9. The third kappa shape index (κ3) is 7.93. The topological polar surface area (TPSA) is 153 Å². The SMILES string of the molecule is CCOCCOCCOCCOCCC(=O)N1CCc2cc(Cn3nc(-c4ccc5oc(C)nc5c4)c4c(N)ncnc43)ccc2C1. The number of hydrogen-bond acceptors (Lipinski definition) is 11. The Morgan fingerprint density at radius 2 is 1.70 bits per heavy atom. The molecule has 0 aliphatic carbocycles. The van der Waals surface area contributed by atoms with E-state index in [0.717, 1.165) is 34.2 Å². The Bertz CT molecular complexity index is 1820. The van der Waals surface area contributed by atoms with Gasteiger partial charge in [-0.05, 0) is 48.2 Å². The van der Waals surface area contributed by atoms with Crippen molar-refractivity contribution in [3.05, 3.63) is 65.3 Å². The smallest absolute Gasteiger partial charge is 0.225 e. The lowest BCUT2D eigenvalue weighted by molar-refractivity contribution is -0.133. The highest BCUT2D eigenvalue weighted by Gasteiger charge is 2.22. The van der Waals surface area contributed by atoms with Crippen molar-refractivity contribution in [3.63, 3.8) is 0 Å². The molecule has 0 unspecified atom stereocenters. The number of rotatable bonds is 16. The molecule has 0 saturated carbocycles. The molecule has 0 radical (unpaired) electrons. The summed E-state index contributed by atoms with van der Waals surface area (Å²) in [5, 5.41) is 5.65. The number of anilines is 1. The van der Waals surface area contributed by atoms with E-state index < -0.39 is 0 Å². The van der Waals surface area contributed by atoms with Crippen LogP contribution in [-0.4, -0.2) is 94.9 Å². The molecule has 2 N–H and O–H groups in total. The number of ether oxygens (including phenoxy) is 4. The fourth-order valence-corrected chi connectivity index (χ4v) is 5.74. The summed E-state index contributed by atoms with van der Waals surface area (Å²) < 4.78 is 29.3.